The first-order chi connectivity index (χ1) is 16.8. The number of hydrogen-bond donors (Lipinski definition) is 1. The summed E-state index contributed by atoms with van der Waals surface area (Å²) in [5.74, 6) is 1.77. The van der Waals surface area contributed by atoms with Gasteiger partial charge >= 0.3 is 0 Å². The molecule has 0 unspecified atom stereocenters. The largest absolute Gasteiger partial charge is 0.369 e. The summed E-state index contributed by atoms with van der Waals surface area (Å²) in [6, 6.07) is 15.4. The van der Waals surface area contributed by atoms with Crippen molar-refractivity contribution >= 4 is 26.6 Å². The molecule has 0 amide bonds. The summed E-state index contributed by atoms with van der Waals surface area (Å²) in [4.78, 5) is 17.1. The quantitative estimate of drug-likeness (QED) is 0.429. The molecule has 1 N–H and O–H groups in total. The maximum atomic E-state index is 11.7. The van der Waals surface area contributed by atoms with Gasteiger partial charge in [-0.15, -0.1) is 0 Å². The molecule has 0 spiro atoms. The molecule has 4 rings (SSSR count). The highest BCUT2D eigenvalue weighted by atomic mass is 32.2. The van der Waals surface area contributed by atoms with Crippen LogP contribution in [-0.4, -0.2) is 92.7 Å². The van der Waals surface area contributed by atoms with Crippen LogP contribution in [0.5, 0.6) is 0 Å². The maximum absolute atomic E-state index is 11.7. The number of sulfone groups is 1. The van der Waals surface area contributed by atoms with Gasteiger partial charge in [0.05, 0.1) is 17.0 Å². The van der Waals surface area contributed by atoms with Crippen LogP contribution in [0.1, 0.15) is 17.8 Å². The molecule has 0 atom stereocenters. The molecule has 8 nitrogen and oxygen atoms in total. The van der Waals surface area contributed by atoms with Gasteiger partial charge < -0.3 is 10.2 Å². The van der Waals surface area contributed by atoms with Crippen molar-refractivity contribution in [3.63, 3.8) is 0 Å². The van der Waals surface area contributed by atoms with Gasteiger partial charge in [-0.2, -0.15) is 0 Å². The lowest BCUT2D eigenvalue weighted by Gasteiger charge is -2.34. The molecule has 0 saturated carbocycles. The Kier molecular flexibility index (Phi) is 8.33. The molecule has 3 aromatic rings. The Labute approximate surface area is 208 Å². The Morgan fingerprint density at radius 3 is 2.23 bits per heavy atom. The topological polar surface area (TPSA) is 81.7 Å². The lowest BCUT2D eigenvalue weighted by atomic mass is 10.2. The van der Waals surface area contributed by atoms with Crippen LogP contribution in [0.25, 0.3) is 10.9 Å². The van der Waals surface area contributed by atoms with Gasteiger partial charge in [-0.1, -0.05) is 24.3 Å². The smallest absolute Gasteiger partial charge is 0.175 e. The first-order valence-electron chi connectivity index (χ1n) is 12.2. The van der Waals surface area contributed by atoms with Crippen molar-refractivity contribution in [1.29, 1.82) is 0 Å². The standard InChI is InChI=1S/C26H36N6O2S/c1-30(2)14-6-13-27-26-23-7-4-5-8-24(23)28-25(29-26)20-32-17-15-31(16-18-32)19-21-9-11-22(12-10-21)35(3,33)34/h4-5,7-12H,6,13-20H2,1-3H3,(H,27,28,29). The van der Waals surface area contributed by atoms with Gasteiger partial charge in [0.1, 0.15) is 11.6 Å². The van der Waals surface area contributed by atoms with E-state index < -0.39 is 9.84 Å². The molecule has 1 fully saturated rings. The zero-order valence-corrected chi connectivity index (χ0v) is 21.8. The second-order valence-electron chi connectivity index (χ2n) is 9.56. The molecular weight excluding hydrogens is 460 g/mol. The summed E-state index contributed by atoms with van der Waals surface area (Å²) in [5, 5.41) is 4.59. The second kappa shape index (κ2) is 11.4. The van der Waals surface area contributed by atoms with Gasteiger partial charge in [-0.3, -0.25) is 9.80 Å². The minimum absolute atomic E-state index is 0.369. The number of rotatable bonds is 10. The first kappa shape index (κ1) is 25.5. The van der Waals surface area contributed by atoms with Crippen molar-refractivity contribution in [1.82, 2.24) is 24.7 Å². The van der Waals surface area contributed by atoms with Crippen molar-refractivity contribution in [2.45, 2.75) is 24.4 Å². The van der Waals surface area contributed by atoms with Crippen LogP contribution < -0.4 is 5.32 Å². The van der Waals surface area contributed by atoms with Gasteiger partial charge in [-0.25, -0.2) is 18.4 Å². The Bertz CT molecular complexity index is 1220. The van der Waals surface area contributed by atoms with E-state index in [4.69, 9.17) is 9.97 Å². The minimum atomic E-state index is -3.16. The summed E-state index contributed by atoms with van der Waals surface area (Å²) in [6.07, 6.45) is 2.30. The van der Waals surface area contributed by atoms with Crippen molar-refractivity contribution in [2.24, 2.45) is 0 Å². The van der Waals surface area contributed by atoms with Crippen molar-refractivity contribution in [3.05, 3.63) is 59.9 Å². The van der Waals surface area contributed by atoms with E-state index in [2.05, 4.69) is 46.2 Å². The van der Waals surface area contributed by atoms with Gasteiger partial charge in [0.15, 0.2) is 9.84 Å². The Morgan fingerprint density at radius 2 is 1.57 bits per heavy atom. The molecule has 1 aliphatic rings. The normalized spacial score (nSPS) is 15.7. The van der Waals surface area contributed by atoms with E-state index in [1.807, 2.05) is 24.3 Å². The predicted octanol–water partition coefficient (Wildman–Crippen LogP) is 2.71. The Balaban J connectivity index is 1.34. The number of fused-ring (bicyclic) bond motifs is 1. The van der Waals surface area contributed by atoms with E-state index in [9.17, 15) is 8.42 Å². The van der Waals surface area contributed by atoms with Crippen molar-refractivity contribution in [3.8, 4) is 0 Å². The highest BCUT2D eigenvalue weighted by Crippen LogP contribution is 2.21. The third-order valence-electron chi connectivity index (χ3n) is 6.31. The summed E-state index contributed by atoms with van der Waals surface area (Å²) >= 11 is 0. The number of aromatic nitrogens is 2. The Hall–Kier alpha value is -2.59. The van der Waals surface area contributed by atoms with Crippen molar-refractivity contribution < 1.29 is 8.42 Å². The number of anilines is 1. The van der Waals surface area contributed by atoms with E-state index in [1.165, 1.54) is 6.26 Å². The minimum Gasteiger partial charge on any atom is -0.369 e. The highest BCUT2D eigenvalue weighted by molar-refractivity contribution is 7.90. The number of nitrogens with zero attached hydrogens (tertiary/aromatic N) is 5. The second-order valence-corrected chi connectivity index (χ2v) is 11.6. The summed E-state index contributed by atoms with van der Waals surface area (Å²) < 4.78 is 23.3. The van der Waals surface area contributed by atoms with Gasteiger partial charge in [0.25, 0.3) is 0 Å². The lowest BCUT2D eigenvalue weighted by Crippen LogP contribution is -2.45. The number of para-hydroxylation sites is 1. The van der Waals surface area contributed by atoms with Crippen LogP contribution >= 0.6 is 0 Å². The Morgan fingerprint density at radius 1 is 0.914 bits per heavy atom. The fourth-order valence-corrected chi connectivity index (χ4v) is 4.97. The molecule has 1 saturated heterocycles. The molecule has 188 valence electrons. The molecule has 0 radical (unpaired) electrons. The van der Waals surface area contributed by atoms with Gasteiger partial charge in [0.2, 0.25) is 0 Å². The zero-order chi connectivity index (χ0) is 24.8. The number of hydrogen-bond acceptors (Lipinski definition) is 8. The molecule has 9 heteroatoms. The van der Waals surface area contributed by atoms with Crippen molar-refractivity contribution in [2.75, 3.05) is 64.9 Å². The molecule has 1 aromatic heterocycles. The van der Waals surface area contributed by atoms with Crippen LogP contribution in [0, 0.1) is 0 Å². The van der Waals surface area contributed by atoms with Gasteiger partial charge in [0, 0.05) is 50.9 Å². The maximum Gasteiger partial charge on any atom is 0.175 e. The summed E-state index contributed by atoms with van der Waals surface area (Å²) in [5.41, 5.74) is 2.11. The predicted molar refractivity (Wildman–Crippen MR) is 141 cm³/mol. The molecular formula is C26H36N6O2S. The van der Waals surface area contributed by atoms with E-state index in [0.29, 0.717) is 4.90 Å². The highest BCUT2D eigenvalue weighted by Gasteiger charge is 2.19. The fraction of sp³-hybridized carbons (Fsp3) is 0.462. The molecule has 2 aromatic carbocycles. The number of nitrogens with one attached hydrogen (secondary N) is 1. The van der Waals surface area contributed by atoms with Crippen LogP contribution in [-0.2, 0) is 22.9 Å². The average Bonchev–Trinajstić information content (AvgIpc) is 2.83. The van der Waals surface area contributed by atoms with Crippen LogP contribution in [0.2, 0.25) is 0 Å². The zero-order valence-electron chi connectivity index (χ0n) is 20.9. The average molecular weight is 497 g/mol. The monoisotopic (exact) mass is 496 g/mol. The summed E-state index contributed by atoms with van der Waals surface area (Å²) in [7, 11) is 1.02. The van der Waals surface area contributed by atoms with Gasteiger partial charge in [-0.05, 0) is 56.9 Å². The van der Waals surface area contributed by atoms with Crippen LogP contribution in [0.15, 0.2) is 53.4 Å². The summed E-state index contributed by atoms with van der Waals surface area (Å²) in [6.45, 7) is 7.28. The molecule has 35 heavy (non-hydrogen) atoms. The van der Waals surface area contributed by atoms with E-state index >= 15 is 0 Å². The van der Waals surface area contributed by atoms with E-state index in [-0.39, 0.29) is 0 Å². The molecule has 0 aliphatic carbocycles. The van der Waals surface area contributed by atoms with Crippen LogP contribution in [0.3, 0.4) is 0 Å². The van der Waals surface area contributed by atoms with Crippen LogP contribution in [0.4, 0.5) is 5.82 Å². The lowest BCUT2D eigenvalue weighted by molar-refractivity contribution is 0.120. The van der Waals surface area contributed by atoms with E-state index in [0.717, 1.165) is 86.9 Å². The number of benzene rings is 2. The fourth-order valence-electron chi connectivity index (χ4n) is 4.34. The van der Waals surface area contributed by atoms with E-state index in [1.54, 1.807) is 12.1 Å². The molecule has 2 heterocycles. The SMILES string of the molecule is CN(C)CCCNc1nc(CN2CCN(Cc3ccc(S(C)(=O)=O)cc3)CC2)nc2ccccc12. The third kappa shape index (κ3) is 7.20. The molecule has 1 aliphatic heterocycles. The molecule has 0 bridgehead atoms. The third-order valence-corrected chi connectivity index (χ3v) is 7.44. The number of piperazine rings is 1. The first-order valence-corrected chi connectivity index (χ1v) is 14.0.